The molecule has 1 aromatic carbocycles. The van der Waals surface area contributed by atoms with E-state index in [2.05, 4.69) is 9.84 Å². The van der Waals surface area contributed by atoms with Crippen LogP contribution in [0, 0.1) is 0 Å². The minimum absolute atomic E-state index is 0.212. The highest BCUT2D eigenvalue weighted by Gasteiger charge is 2.14. The number of carbonyl (C=O) groups is 2. The molecule has 0 atom stereocenters. The van der Waals surface area contributed by atoms with Crippen molar-refractivity contribution in [3.05, 3.63) is 41.7 Å². The Morgan fingerprint density at radius 1 is 1.29 bits per heavy atom. The van der Waals surface area contributed by atoms with E-state index in [4.69, 9.17) is 5.73 Å². The van der Waals surface area contributed by atoms with Crippen molar-refractivity contribution in [1.29, 1.82) is 0 Å². The summed E-state index contributed by atoms with van der Waals surface area (Å²) in [6.45, 7) is 0. The van der Waals surface area contributed by atoms with Crippen LogP contribution >= 0.6 is 0 Å². The van der Waals surface area contributed by atoms with Crippen molar-refractivity contribution in [2.45, 2.75) is 0 Å². The summed E-state index contributed by atoms with van der Waals surface area (Å²) in [7, 11) is 4.60. The molecule has 0 aliphatic rings. The lowest BCUT2D eigenvalue weighted by Crippen LogP contribution is -2.22. The Bertz CT molecular complexity index is 691. The second-order valence-electron chi connectivity index (χ2n) is 4.61. The largest absolute Gasteiger partial charge is 0.465 e. The van der Waals surface area contributed by atoms with Gasteiger partial charge < -0.3 is 15.4 Å². The van der Waals surface area contributed by atoms with Crippen molar-refractivity contribution in [3.8, 4) is 5.69 Å². The van der Waals surface area contributed by atoms with Gasteiger partial charge >= 0.3 is 5.97 Å². The standard InChI is InChI=1S/C14H16N4O3/c1-17(2)13(19)11-6-7-18(16-11)12-8-9(14(20)21-3)4-5-10(12)15/h4-8H,15H2,1-3H3. The summed E-state index contributed by atoms with van der Waals surface area (Å²) in [6, 6.07) is 6.32. The quantitative estimate of drug-likeness (QED) is 0.670. The van der Waals surface area contributed by atoms with Crippen molar-refractivity contribution in [1.82, 2.24) is 14.7 Å². The maximum absolute atomic E-state index is 11.8. The molecule has 0 aliphatic carbocycles. The van der Waals surface area contributed by atoms with Crippen LogP contribution in [-0.4, -0.2) is 47.8 Å². The van der Waals surface area contributed by atoms with Crippen molar-refractivity contribution >= 4 is 17.6 Å². The third kappa shape index (κ3) is 2.86. The number of carbonyl (C=O) groups excluding carboxylic acids is 2. The molecule has 1 amide bonds. The summed E-state index contributed by atoms with van der Waals surface area (Å²) in [5.41, 5.74) is 7.50. The van der Waals surface area contributed by atoms with Crippen molar-refractivity contribution in [2.75, 3.05) is 26.9 Å². The number of aromatic nitrogens is 2. The van der Waals surface area contributed by atoms with Gasteiger partial charge in [-0.2, -0.15) is 5.10 Å². The zero-order valence-corrected chi connectivity index (χ0v) is 12.0. The first-order valence-corrected chi connectivity index (χ1v) is 6.19. The lowest BCUT2D eigenvalue weighted by atomic mass is 10.2. The van der Waals surface area contributed by atoms with Crippen LogP contribution in [0.5, 0.6) is 0 Å². The minimum atomic E-state index is -0.465. The summed E-state index contributed by atoms with van der Waals surface area (Å²) in [5, 5.41) is 4.18. The minimum Gasteiger partial charge on any atom is -0.465 e. The number of ether oxygens (including phenoxy) is 1. The second kappa shape index (κ2) is 5.66. The highest BCUT2D eigenvalue weighted by atomic mass is 16.5. The van der Waals surface area contributed by atoms with Crippen LogP contribution in [0.3, 0.4) is 0 Å². The normalized spacial score (nSPS) is 10.2. The molecule has 1 aromatic heterocycles. The number of nitrogens with two attached hydrogens (primary N) is 1. The van der Waals surface area contributed by atoms with Gasteiger partial charge in [-0.3, -0.25) is 4.79 Å². The highest BCUT2D eigenvalue weighted by molar-refractivity contribution is 5.92. The molecule has 0 bridgehead atoms. The molecule has 0 spiro atoms. The summed E-state index contributed by atoms with van der Waals surface area (Å²) in [5.74, 6) is -0.676. The average Bonchev–Trinajstić information content (AvgIpc) is 2.95. The third-order valence-electron chi connectivity index (χ3n) is 2.91. The van der Waals surface area contributed by atoms with Crippen molar-refractivity contribution in [3.63, 3.8) is 0 Å². The predicted molar refractivity (Wildman–Crippen MR) is 77.3 cm³/mol. The van der Waals surface area contributed by atoms with E-state index < -0.39 is 5.97 Å². The van der Waals surface area contributed by atoms with E-state index >= 15 is 0 Å². The molecule has 21 heavy (non-hydrogen) atoms. The molecule has 0 saturated carbocycles. The number of esters is 1. The smallest absolute Gasteiger partial charge is 0.337 e. The molecular weight excluding hydrogens is 272 g/mol. The molecule has 0 unspecified atom stereocenters. The second-order valence-corrected chi connectivity index (χ2v) is 4.61. The van der Waals surface area contributed by atoms with Crippen LogP contribution in [0.15, 0.2) is 30.5 Å². The molecule has 0 aliphatic heterocycles. The molecule has 1 heterocycles. The van der Waals surface area contributed by atoms with Crippen LogP contribution in [0.25, 0.3) is 5.69 Å². The van der Waals surface area contributed by atoms with Gasteiger partial charge in [-0.15, -0.1) is 0 Å². The van der Waals surface area contributed by atoms with Gasteiger partial charge in [0.1, 0.15) is 0 Å². The first kappa shape index (κ1) is 14.6. The Balaban J connectivity index is 2.42. The van der Waals surface area contributed by atoms with Gasteiger partial charge in [-0.25, -0.2) is 9.48 Å². The first-order valence-electron chi connectivity index (χ1n) is 6.19. The van der Waals surface area contributed by atoms with Crippen LogP contribution in [0.1, 0.15) is 20.8 Å². The molecular formula is C14H16N4O3. The molecule has 7 heteroatoms. The number of nitrogens with zero attached hydrogens (tertiary/aromatic N) is 3. The molecule has 2 rings (SSSR count). The van der Waals surface area contributed by atoms with Crippen molar-refractivity contribution in [2.24, 2.45) is 0 Å². The number of methoxy groups -OCH3 is 1. The number of hydrogen-bond acceptors (Lipinski definition) is 5. The first-order chi connectivity index (χ1) is 9.93. The molecule has 110 valence electrons. The molecule has 2 N–H and O–H groups in total. The molecule has 2 aromatic rings. The lowest BCUT2D eigenvalue weighted by Gasteiger charge is -2.09. The van der Waals surface area contributed by atoms with Crippen LogP contribution < -0.4 is 5.73 Å². The van der Waals surface area contributed by atoms with Gasteiger partial charge in [0.25, 0.3) is 5.91 Å². The molecule has 7 nitrogen and oxygen atoms in total. The topological polar surface area (TPSA) is 90.4 Å². The zero-order chi connectivity index (χ0) is 15.6. The number of hydrogen-bond donors (Lipinski definition) is 1. The van der Waals surface area contributed by atoms with Crippen LogP contribution in [-0.2, 0) is 4.74 Å². The maximum Gasteiger partial charge on any atom is 0.337 e. The van der Waals surface area contributed by atoms with E-state index in [1.54, 1.807) is 44.6 Å². The Kier molecular flexibility index (Phi) is 3.93. The Labute approximate surface area is 121 Å². The van der Waals surface area contributed by atoms with E-state index in [0.717, 1.165) is 0 Å². The summed E-state index contributed by atoms with van der Waals surface area (Å²) in [6.07, 6.45) is 1.61. The zero-order valence-electron chi connectivity index (χ0n) is 12.0. The van der Waals surface area contributed by atoms with Gasteiger partial charge in [-0.05, 0) is 24.3 Å². The van der Waals surface area contributed by atoms with Gasteiger partial charge in [0.05, 0.1) is 24.0 Å². The van der Waals surface area contributed by atoms with Gasteiger partial charge in [0.2, 0.25) is 0 Å². The van der Waals surface area contributed by atoms with E-state index in [0.29, 0.717) is 22.6 Å². The Morgan fingerprint density at radius 2 is 2.00 bits per heavy atom. The number of rotatable bonds is 3. The predicted octanol–water partition coefficient (Wildman–Crippen LogP) is 0.943. The number of nitrogen functional groups attached to an aromatic ring is 1. The number of amides is 1. The number of benzene rings is 1. The Morgan fingerprint density at radius 3 is 2.62 bits per heavy atom. The fraction of sp³-hybridized carbons (Fsp3) is 0.214. The fourth-order valence-corrected chi connectivity index (χ4v) is 1.79. The van der Waals surface area contributed by atoms with Gasteiger partial charge in [0.15, 0.2) is 5.69 Å². The van der Waals surface area contributed by atoms with Gasteiger partial charge in [-0.1, -0.05) is 0 Å². The summed E-state index contributed by atoms with van der Waals surface area (Å²) >= 11 is 0. The maximum atomic E-state index is 11.8. The van der Waals surface area contributed by atoms with Gasteiger partial charge in [0, 0.05) is 20.3 Å². The highest BCUT2D eigenvalue weighted by Crippen LogP contribution is 2.19. The molecule has 0 saturated heterocycles. The monoisotopic (exact) mass is 288 g/mol. The van der Waals surface area contributed by atoms with Crippen LogP contribution in [0.2, 0.25) is 0 Å². The molecule has 0 radical (unpaired) electrons. The Hall–Kier alpha value is -2.83. The third-order valence-corrected chi connectivity index (χ3v) is 2.91. The average molecular weight is 288 g/mol. The summed E-state index contributed by atoms with van der Waals surface area (Å²) < 4.78 is 6.13. The fourth-order valence-electron chi connectivity index (χ4n) is 1.79. The SMILES string of the molecule is COC(=O)c1ccc(N)c(-n2ccc(C(=O)N(C)C)n2)c1. The van der Waals surface area contributed by atoms with Crippen molar-refractivity contribution < 1.29 is 14.3 Å². The molecule has 0 fully saturated rings. The van der Waals surface area contributed by atoms with E-state index in [-0.39, 0.29) is 5.91 Å². The van der Waals surface area contributed by atoms with E-state index in [1.807, 2.05) is 0 Å². The lowest BCUT2D eigenvalue weighted by molar-refractivity contribution is 0.0600. The van der Waals surface area contributed by atoms with Crippen LogP contribution in [0.4, 0.5) is 5.69 Å². The van der Waals surface area contributed by atoms with E-state index in [9.17, 15) is 9.59 Å². The summed E-state index contributed by atoms with van der Waals surface area (Å²) in [4.78, 5) is 24.8. The number of anilines is 1. The van der Waals surface area contributed by atoms with E-state index in [1.165, 1.54) is 16.7 Å².